The number of anilines is 1. The zero-order chi connectivity index (χ0) is 14.4. The Morgan fingerprint density at radius 1 is 1.68 bits per heavy atom. The number of nitro groups is 1. The second kappa shape index (κ2) is 6.35. The van der Waals surface area contributed by atoms with E-state index < -0.39 is 10.9 Å². The minimum Gasteiger partial charge on any atom is -0.478 e. The molecule has 0 saturated carbocycles. The van der Waals surface area contributed by atoms with Crippen LogP contribution in [0.15, 0.2) is 12.3 Å². The van der Waals surface area contributed by atoms with Crippen molar-refractivity contribution >= 4 is 17.5 Å². The van der Waals surface area contributed by atoms with Crippen LogP contribution in [0.25, 0.3) is 0 Å². The van der Waals surface area contributed by atoms with Gasteiger partial charge in [-0.2, -0.15) is 0 Å². The first kappa shape index (κ1) is 14.4. The maximum absolute atomic E-state index is 11.2. The van der Waals surface area contributed by atoms with Crippen LogP contribution < -0.4 is 4.90 Å². The second-order valence-corrected chi connectivity index (χ2v) is 3.75. The molecule has 19 heavy (non-hydrogen) atoms. The number of aromatic carboxylic acids is 1. The van der Waals surface area contributed by atoms with Gasteiger partial charge in [-0.25, -0.2) is 9.78 Å². The van der Waals surface area contributed by atoms with Gasteiger partial charge in [0.1, 0.15) is 17.6 Å². The summed E-state index contributed by atoms with van der Waals surface area (Å²) < 4.78 is 0. The predicted molar refractivity (Wildman–Crippen MR) is 69.2 cm³/mol. The average Bonchev–Trinajstić information content (AvgIpc) is 2.37. The van der Waals surface area contributed by atoms with Crippen LogP contribution in [-0.4, -0.2) is 34.1 Å². The molecule has 7 heteroatoms. The molecule has 0 radical (unpaired) electrons. The van der Waals surface area contributed by atoms with Crippen LogP contribution in [0.5, 0.6) is 0 Å². The SMILES string of the molecule is C#CCN(CCC)c1ncc([N+](=O)[O-])cc1C(=O)O. The van der Waals surface area contributed by atoms with Gasteiger partial charge >= 0.3 is 5.97 Å². The van der Waals surface area contributed by atoms with Crippen LogP contribution in [0.2, 0.25) is 0 Å². The van der Waals surface area contributed by atoms with E-state index in [-0.39, 0.29) is 23.6 Å². The first-order valence-electron chi connectivity index (χ1n) is 5.57. The third-order valence-corrected chi connectivity index (χ3v) is 2.37. The van der Waals surface area contributed by atoms with Crippen molar-refractivity contribution in [3.63, 3.8) is 0 Å². The fourth-order valence-corrected chi connectivity index (χ4v) is 1.60. The average molecular weight is 263 g/mol. The van der Waals surface area contributed by atoms with Gasteiger partial charge in [-0.1, -0.05) is 12.8 Å². The summed E-state index contributed by atoms with van der Waals surface area (Å²) in [5.41, 5.74) is -0.587. The number of terminal acetylenes is 1. The van der Waals surface area contributed by atoms with Crippen LogP contribution >= 0.6 is 0 Å². The van der Waals surface area contributed by atoms with Crippen LogP contribution in [0.3, 0.4) is 0 Å². The van der Waals surface area contributed by atoms with Crippen molar-refractivity contribution < 1.29 is 14.8 Å². The lowest BCUT2D eigenvalue weighted by Crippen LogP contribution is -2.27. The summed E-state index contributed by atoms with van der Waals surface area (Å²) >= 11 is 0. The van der Waals surface area contributed by atoms with Crippen molar-refractivity contribution in [1.29, 1.82) is 0 Å². The van der Waals surface area contributed by atoms with Crippen molar-refractivity contribution in [3.8, 4) is 12.3 Å². The fourth-order valence-electron chi connectivity index (χ4n) is 1.60. The van der Waals surface area contributed by atoms with Gasteiger partial charge in [-0.15, -0.1) is 6.42 Å². The molecule has 0 spiro atoms. The van der Waals surface area contributed by atoms with Crippen molar-refractivity contribution in [1.82, 2.24) is 4.98 Å². The number of carboxylic acid groups (broad SMARTS) is 1. The zero-order valence-corrected chi connectivity index (χ0v) is 10.4. The van der Waals surface area contributed by atoms with Gasteiger partial charge in [0, 0.05) is 12.6 Å². The molecule has 7 nitrogen and oxygen atoms in total. The monoisotopic (exact) mass is 263 g/mol. The Morgan fingerprint density at radius 2 is 2.37 bits per heavy atom. The van der Waals surface area contributed by atoms with Gasteiger partial charge in [0.25, 0.3) is 5.69 Å². The van der Waals surface area contributed by atoms with E-state index in [2.05, 4.69) is 10.9 Å². The van der Waals surface area contributed by atoms with Crippen molar-refractivity contribution in [2.75, 3.05) is 18.0 Å². The van der Waals surface area contributed by atoms with Gasteiger partial charge in [-0.3, -0.25) is 10.1 Å². The molecule has 0 saturated heterocycles. The molecule has 1 rings (SSSR count). The molecule has 1 N–H and O–H groups in total. The van der Waals surface area contributed by atoms with Crippen LogP contribution in [-0.2, 0) is 0 Å². The van der Waals surface area contributed by atoms with E-state index >= 15 is 0 Å². The Bertz CT molecular complexity index is 536. The number of hydrogen-bond acceptors (Lipinski definition) is 5. The Labute approximate surface area is 110 Å². The van der Waals surface area contributed by atoms with E-state index in [9.17, 15) is 14.9 Å². The molecule has 0 aliphatic carbocycles. The first-order chi connectivity index (χ1) is 9.01. The summed E-state index contributed by atoms with van der Waals surface area (Å²) in [6.07, 6.45) is 7.00. The van der Waals surface area contributed by atoms with E-state index in [0.717, 1.165) is 18.7 Å². The molecule has 0 aromatic carbocycles. The number of nitrogens with zero attached hydrogens (tertiary/aromatic N) is 3. The number of carbonyl (C=O) groups is 1. The number of aromatic nitrogens is 1. The molecular weight excluding hydrogens is 250 g/mol. The number of hydrogen-bond donors (Lipinski definition) is 1. The van der Waals surface area contributed by atoms with E-state index in [0.29, 0.717) is 6.54 Å². The highest BCUT2D eigenvalue weighted by atomic mass is 16.6. The van der Waals surface area contributed by atoms with Crippen molar-refractivity contribution in [3.05, 3.63) is 27.9 Å². The van der Waals surface area contributed by atoms with Crippen molar-refractivity contribution in [2.24, 2.45) is 0 Å². The van der Waals surface area contributed by atoms with Crippen LogP contribution in [0.4, 0.5) is 11.5 Å². The highest BCUT2D eigenvalue weighted by Gasteiger charge is 2.20. The summed E-state index contributed by atoms with van der Waals surface area (Å²) in [7, 11) is 0. The maximum Gasteiger partial charge on any atom is 0.339 e. The second-order valence-electron chi connectivity index (χ2n) is 3.75. The molecule has 0 aliphatic heterocycles. The van der Waals surface area contributed by atoms with Gasteiger partial charge in [0.05, 0.1) is 11.5 Å². The molecule has 100 valence electrons. The lowest BCUT2D eigenvalue weighted by molar-refractivity contribution is -0.385. The topological polar surface area (TPSA) is 96.6 Å². The highest BCUT2D eigenvalue weighted by molar-refractivity contribution is 5.94. The molecule has 1 aromatic rings. The Balaban J connectivity index is 3.29. The minimum absolute atomic E-state index is 0.151. The van der Waals surface area contributed by atoms with E-state index in [1.807, 2.05) is 6.92 Å². The van der Waals surface area contributed by atoms with Crippen molar-refractivity contribution in [2.45, 2.75) is 13.3 Å². The minimum atomic E-state index is -1.27. The molecule has 1 heterocycles. The molecule has 0 unspecified atom stereocenters. The molecule has 0 fully saturated rings. The summed E-state index contributed by atoms with van der Waals surface area (Å²) in [6, 6.07) is 0.990. The van der Waals surface area contributed by atoms with Crippen LogP contribution in [0.1, 0.15) is 23.7 Å². The van der Waals surface area contributed by atoms with Gasteiger partial charge in [0.15, 0.2) is 0 Å². The summed E-state index contributed by atoms with van der Waals surface area (Å²) in [6.45, 7) is 2.63. The Morgan fingerprint density at radius 3 is 2.84 bits per heavy atom. The molecule has 0 aliphatic rings. The van der Waals surface area contributed by atoms with Gasteiger partial charge in [-0.05, 0) is 6.42 Å². The lowest BCUT2D eigenvalue weighted by atomic mass is 10.2. The van der Waals surface area contributed by atoms with E-state index in [1.54, 1.807) is 4.90 Å². The highest BCUT2D eigenvalue weighted by Crippen LogP contribution is 2.22. The normalized spacial score (nSPS) is 9.68. The van der Waals surface area contributed by atoms with Gasteiger partial charge < -0.3 is 10.0 Å². The number of carboxylic acids is 1. The standard InChI is InChI=1S/C12H13N3O4/c1-3-5-14(6-4-2)11-10(12(16)17)7-9(8-13-11)15(18)19/h1,7-8H,4-6H2,2H3,(H,16,17). The molecule has 0 amide bonds. The lowest BCUT2D eigenvalue weighted by Gasteiger charge is -2.21. The predicted octanol–water partition coefficient (Wildman–Crippen LogP) is 1.54. The molecule has 1 aromatic heterocycles. The molecular formula is C12H13N3O4. The maximum atomic E-state index is 11.2. The van der Waals surface area contributed by atoms with E-state index in [4.69, 9.17) is 11.5 Å². The molecule has 0 atom stereocenters. The summed E-state index contributed by atoms with van der Waals surface area (Å²) in [5, 5.41) is 19.8. The van der Waals surface area contributed by atoms with E-state index in [1.165, 1.54) is 0 Å². The van der Waals surface area contributed by atoms with Gasteiger partial charge in [0.2, 0.25) is 0 Å². The fraction of sp³-hybridized carbons (Fsp3) is 0.333. The largest absolute Gasteiger partial charge is 0.478 e. The zero-order valence-electron chi connectivity index (χ0n) is 10.4. The Hall–Kier alpha value is -2.62. The first-order valence-corrected chi connectivity index (χ1v) is 5.57. The number of pyridine rings is 1. The number of rotatable bonds is 6. The van der Waals surface area contributed by atoms with Crippen LogP contribution in [0, 0.1) is 22.5 Å². The Kier molecular flexibility index (Phi) is 4.83. The third-order valence-electron chi connectivity index (χ3n) is 2.37. The quantitative estimate of drug-likeness (QED) is 0.475. The molecule has 0 bridgehead atoms. The summed E-state index contributed by atoms with van der Waals surface area (Å²) in [4.78, 5) is 26.6. The third kappa shape index (κ3) is 3.42. The summed E-state index contributed by atoms with van der Waals surface area (Å²) in [5.74, 6) is 1.29. The smallest absolute Gasteiger partial charge is 0.339 e.